The molecule has 12 heteroatoms. The van der Waals surface area contributed by atoms with Crippen LogP contribution in [-0.4, -0.2) is 51.7 Å². The monoisotopic (exact) mass is 432 g/mol. The predicted molar refractivity (Wildman–Crippen MR) is 75.6 cm³/mol. The van der Waals surface area contributed by atoms with Gasteiger partial charge in [-0.1, -0.05) is 20.8 Å². The number of hydrogen-bond acceptors (Lipinski definition) is 4. The average molecular weight is 431 g/mol. The Morgan fingerprint density at radius 2 is 0.810 bits per heavy atom. The van der Waals surface area contributed by atoms with E-state index >= 15 is 0 Å². The number of hydrogen-bond donors (Lipinski definition) is 3. The molecule has 3 atom stereocenters. The standard InChI is InChI=1S/3C3H8N2.Cd.ClH3O4/c3*1-3(5)2-4;;2-1(3,4)5/h3*3-5H,2H2,1H3;;2-4H/q3*-2;+2;. The van der Waals surface area contributed by atoms with Crippen molar-refractivity contribution in [2.75, 3.05) is 19.6 Å². The van der Waals surface area contributed by atoms with Crippen molar-refractivity contribution >= 4 is 0 Å². The van der Waals surface area contributed by atoms with Crippen LogP contribution in [0.2, 0.25) is 0 Å². The van der Waals surface area contributed by atoms with E-state index in [2.05, 4.69) is 0 Å². The summed E-state index contributed by atoms with van der Waals surface area (Å²) < 4.78 is 30.2. The van der Waals surface area contributed by atoms with Gasteiger partial charge in [0, 0.05) is 0 Å². The van der Waals surface area contributed by atoms with Crippen molar-refractivity contribution in [1.82, 2.24) is 0 Å². The van der Waals surface area contributed by atoms with Crippen molar-refractivity contribution in [3.63, 3.8) is 0 Å². The minimum atomic E-state index is -4.19. The molecule has 0 aliphatic carbocycles. The van der Waals surface area contributed by atoms with Crippen LogP contribution < -0.4 is 4.66 Å². The van der Waals surface area contributed by atoms with Crippen LogP contribution in [0.4, 0.5) is 0 Å². The molecule has 0 aliphatic heterocycles. The number of rotatable bonds is 3. The van der Waals surface area contributed by atoms with Gasteiger partial charge in [-0.25, -0.2) is 0 Å². The van der Waals surface area contributed by atoms with Crippen LogP contribution in [0.25, 0.3) is 34.4 Å². The zero-order valence-corrected chi connectivity index (χ0v) is 17.5. The first-order valence-corrected chi connectivity index (χ1v) is 6.87. The second-order valence-electron chi connectivity index (χ2n) is 3.75. The SMILES string of the molecule is CC([NH-])C[NH-].CC([NH-])C[NH-].CC([NH-])C[NH-].[Cd+2].[O-][Cl+](O)(O)O. The summed E-state index contributed by atoms with van der Waals surface area (Å²) in [5.41, 5.74) is 39.3. The summed E-state index contributed by atoms with van der Waals surface area (Å²) in [6.45, 7) is 5.77. The molecule has 0 aliphatic rings. The van der Waals surface area contributed by atoms with E-state index in [1.807, 2.05) is 0 Å². The topological polar surface area (TPSA) is 227 Å². The van der Waals surface area contributed by atoms with Crippen LogP contribution in [-0.2, 0) is 27.3 Å². The number of nitrogens with one attached hydrogen (secondary N) is 6. The van der Waals surface area contributed by atoms with Crippen LogP contribution in [0.3, 0.4) is 0 Å². The van der Waals surface area contributed by atoms with E-state index in [0.29, 0.717) is 0 Å². The second-order valence-corrected chi connectivity index (χ2v) is 4.62. The van der Waals surface area contributed by atoms with Crippen LogP contribution >= 0.6 is 0 Å². The van der Waals surface area contributed by atoms with Gasteiger partial charge in [-0.3, -0.25) is 0 Å². The Hall–Kier alpha value is 0.812. The Balaban J connectivity index is -0.0000000533. The molecule has 0 amide bonds. The van der Waals surface area contributed by atoms with Crippen molar-refractivity contribution in [2.45, 2.75) is 38.9 Å². The fourth-order valence-electron chi connectivity index (χ4n) is 0. The molecule has 0 saturated heterocycles. The van der Waals surface area contributed by atoms with Gasteiger partial charge in [0.2, 0.25) is 0 Å². The van der Waals surface area contributed by atoms with Crippen LogP contribution in [0.15, 0.2) is 0 Å². The van der Waals surface area contributed by atoms with E-state index in [0.717, 1.165) is 0 Å². The van der Waals surface area contributed by atoms with E-state index in [1.54, 1.807) is 20.8 Å². The first kappa shape index (κ1) is 33.4. The molecule has 0 aromatic heterocycles. The van der Waals surface area contributed by atoms with E-state index in [9.17, 15) is 0 Å². The fraction of sp³-hybridized carbons (Fsp3) is 1.00. The molecule has 0 rings (SSSR count). The molecule has 0 aromatic carbocycles. The quantitative estimate of drug-likeness (QED) is 0.565. The Bertz CT molecular complexity index is 150. The van der Waals surface area contributed by atoms with Crippen molar-refractivity contribution in [3.05, 3.63) is 34.4 Å². The van der Waals surface area contributed by atoms with Crippen LogP contribution in [0.1, 0.15) is 20.8 Å². The Kier molecular flexibility index (Phi) is 36.7. The summed E-state index contributed by atoms with van der Waals surface area (Å²) in [6, 6.07) is -0.597. The van der Waals surface area contributed by atoms with Gasteiger partial charge < -0.3 is 34.4 Å². The van der Waals surface area contributed by atoms with Crippen molar-refractivity contribution in [1.29, 1.82) is 0 Å². The third-order valence-corrected chi connectivity index (χ3v) is 0.919. The molecule has 21 heavy (non-hydrogen) atoms. The summed E-state index contributed by atoms with van der Waals surface area (Å²) in [4.78, 5) is 0. The molecule has 0 saturated carbocycles. The van der Waals surface area contributed by atoms with Crippen molar-refractivity contribution < 1.29 is 56.2 Å². The molecular weight excluding hydrogens is 404 g/mol. The van der Waals surface area contributed by atoms with Gasteiger partial charge in [-0.15, -0.1) is 0 Å². The normalized spacial score (nSPS) is 14.3. The molecule has 0 heterocycles. The molecule has 0 aromatic rings. The molecule has 0 spiro atoms. The molecule has 10 nitrogen and oxygen atoms in total. The van der Waals surface area contributed by atoms with Gasteiger partial charge in [-0.05, 0) is 0 Å². The maximum absolute atomic E-state index is 8.83. The molecule has 3 unspecified atom stereocenters. The molecule has 0 radical (unpaired) electrons. The van der Waals surface area contributed by atoms with E-state index in [4.69, 9.17) is 53.0 Å². The van der Waals surface area contributed by atoms with Crippen LogP contribution in [0.5, 0.6) is 0 Å². The van der Waals surface area contributed by atoms with Crippen molar-refractivity contribution in [3.8, 4) is 0 Å². The zero-order valence-electron chi connectivity index (χ0n) is 12.7. The summed E-state index contributed by atoms with van der Waals surface area (Å²) in [7, 11) is -4.19. The Morgan fingerprint density at radius 3 is 0.810 bits per heavy atom. The zero-order chi connectivity index (χ0) is 17.4. The predicted octanol–water partition coefficient (Wildman–Crippen LogP) is 1.58. The number of halogens is 1. The van der Waals surface area contributed by atoms with Gasteiger partial charge in [-0.2, -0.15) is 37.8 Å². The Labute approximate surface area is 149 Å². The van der Waals surface area contributed by atoms with Gasteiger partial charge in [0.15, 0.2) is 0 Å². The van der Waals surface area contributed by atoms with Gasteiger partial charge in [0.05, 0.1) is 0 Å². The summed E-state index contributed by atoms with van der Waals surface area (Å²) in [6.07, 6.45) is 0. The van der Waals surface area contributed by atoms with Crippen LogP contribution in [0, 0.1) is 10.2 Å². The summed E-state index contributed by atoms with van der Waals surface area (Å²) >= 11 is 0. The first-order chi connectivity index (χ1) is 8.81. The maximum atomic E-state index is 8.83. The average Bonchev–Trinajstić information content (AvgIpc) is 2.28. The molecule has 130 valence electrons. The summed E-state index contributed by atoms with van der Waals surface area (Å²) in [5, 5.41) is 0. The van der Waals surface area contributed by atoms with Gasteiger partial charge in [0.1, 0.15) is 0 Å². The molecule has 9 N–H and O–H groups in total. The van der Waals surface area contributed by atoms with E-state index in [1.165, 1.54) is 0 Å². The third-order valence-electron chi connectivity index (χ3n) is 0.919. The van der Waals surface area contributed by atoms with E-state index < -0.39 is 10.2 Å². The molecule has 0 bridgehead atoms. The summed E-state index contributed by atoms with van der Waals surface area (Å²) in [5.74, 6) is 0. The van der Waals surface area contributed by atoms with Crippen molar-refractivity contribution in [2.24, 2.45) is 0 Å². The second kappa shape index (κ2) is 23.1. The Morgan fingerprint density at radius 1 is 0.762 bits per heavy atom. The van der Waals surface area contributed by atoms with E-state index in [-0.39, 0.29) is 65.1 Å². The molecular formula is C9H27CdClN6O4-4. The van der Waals surface area contributed by atoms with Gasteiger partial charge in [0.25, 0.3) is 0 Å². The van der Waals surface area contributed by atoms with Gasteiger partial charge >= 0.3 is 56.2 Å². The minimum absolute atomic E-state index is 0. The third kappa shape index (κ3) is 159. The molecule has 0 fully saturated rings. The fourth-order valence-corrected chi connectivity index (χ4v) is 0. The first-order valence-electron chi connectivity index (χ1n) is 5.54.